The van der Waals surface area contributed by atoms with Crippen LogP contribution in [-0.2, 0) is 43.2 Å². The van der Waals surface area contributed by atoms with Crippen LogP contribution in [0, 0.1) is 11.8 Å². The van der Waals surface area contributed by atoms with Crippen LogP contribution in [-0.4, -0.2) is 172 Å². The molecule has 0 spiro atoms. The van der Waals surface area contributed by atoms with Crippen LogP contribution in [0.3, 0.4) is 0 Å². The summed E-state index contributed by atoms with van der Waals surface area (Å²) in [5, 5.41) is 44.5. The first-order valence-electron chi connectivity index (χ1n) is 20.3. The van der Waals surface area contributed by atoms with Gasteiger partial charge in [-0.15, -0.1) is 0 Å². The van der Waals surface area contributed by atoms with Crippen LogP contribution in [0.5, 0.6) is 0 Å². The van der Waals surface area contributed by atoms with E-state index in [4.69, 9.17) is 5.73 Å². The molecule has 2 saturated heterocycles. The summed E-state index contributed by atoms with van der Waals surface area (Å²) in [5.74, 6) is -6.47. The second kappa shape index (κ2) is 25.3. The minimum absolute atomic E-state index is 0.0160. The Bertz CT molecular complexity index is 1530. The molecule has 8 amide bonds. The molecule has 0 unspecified atom stereocenters. The Morgan fingerprint density at radius 3 is 1.85 bits per heavy atom. The van der Waals surface area contributed by atoms with E-state index in [1.54, 1.807) is 27.7 Å². The molecule has 0 radical (unpaired) electrons. The number of aliphatic hydroxyl groups excluding tert-OH is 2. The minimum Gasteiger partial charge on any atom is -0.480 e. The third-order valence-electron chi connectivity index (χ3n) is 10.1. The highest BCUT2D eigenvalue weighted by Gasteiger charge is 2.40. The molecule has 8 atom stereocenters. The Hall–Kier alpha value is -4.54. The summed E-state index contributed by atoms with van der Waals surface area (Å²) < 4.78 is 0. The summed E-state index contributed by atoms with van der Waals surface area (Å²) >= 11 is 1.49. The number of carbonyl (C=O) groups is 9. The van der Waals surface area contributed by atoms with Crippen molar-refractivity contribution in [1.82, 2.24) is 41.7 Å². The molecule has 2 aliphatic rings. The van der Waals surface area contributed by atoms with Gasteiger partial charge in [0.05, 0.1) is 31.8 Å². The predicted octanol–water partition coefficient (Wildman–Crippen LogP) is -3.23. The molecular weight excluding hydrogens is 807 g/mol. The topological polar surface area (TPSA) is 319 Å². The number of nitrogens with two attached hydrogens (primary N) is 1. The van der Waals surface area contributed by atoms with Crippen LogP contribution in [0.4, 0.5) is 0 Å². The van der Waals surface area contributed by atoms with Gasteiger partial charge in [-0.3, -0.25) is 38.4 Å². The van der Waals surface area contributed by atoms with Crippen molar-refractivity contribution in [1.29, 1.82) is 0 Å². The Labute approximate surface area is 354 Å². The summed E-state index contributed by atoms with van der Waals surface area (Å²) in [4.78, 5) is 119. The van der Waals surface area contributed by atoms with E-state index in [9.17, 15) is 58.5 Å². The number of rotatable bonds is 24. The smallest absolute Gasteiger partial charge is 0.326 e. The summed E-state index contributed by atoms with van der Waals surface area (Å²) in [7, 11) is 0. The fraction of sp³-hybridized carbons (Fsp3) is 0.763. The molecule has 2 fully saturated rings. The van der Waals surface area contributed by atoms with E-state index < -0.39 is 121 Å². The number of thioether (sulfide) groups is 1. The quantitative estimate of drug-likeness (QED) is 0.0456. The molecule has 21 nitrogen and oxygen atoms in total. The van der Waals surface area contributed by atoms with Gasteiger partial charge in [0.1, 0.15) is 36.3 Å². The Kier molecular flexibility index (Phi) is 21.7. The number of likely N-dealkylation sites (tertiary alicyclic amines) is 2. The molecule has 22 heteroatoms. The van der Waals surface area contributed by atoms with Gasteiger partial charge < -0.3 is 62.8 Å². The second-order valence-corrected chi connectivity index (χ2v) is 17.0. The zero-order valence-electron chi connectivity index (χ0n) is 35.4. The number of nitrogens with one attached hydrogen (secondary N) is 6. The lowest BCUT2D eigenvalue weighted by Crippen LogP contribution is -2.59. The molecule has 0 aromatic rings. The van der Waals surface area contributed by atoms with Gasteiger partial charge in [0.25, 0.3) is 0 Å². The Morgan fingerprint density at radius 1 is 0.717 bits per heavy atom. The monoisotopic (exact) mass is 871 g/mol. The molecule has 11 N–H and O–H groups in total. The van der Waals surface area contributed by atoms with Crippen molar-refractivity contribution in [3.05, 3.63) is 0 Å². The molecule has 340 valence electrons. The van der Waals surface area contributed by atoms with E-state index in [0.29, 0.717) is 25.0 Å². The zero-order valence-corrected chi connectivity index (χ0v) is 36.2. The molecule has 0 aromatic carbocycles. The van der Waals surface area contributed by atoms with Gasteiger partial charge in [-0.25, -0.2) is 4.79 Å². The number of carboxylic acids is 1. The van der Waals surface area contributed by atoms with Crippen molar-refractivity contribution >= 4 is 65.0 Å². The summed E-state index contributed by atoms with van der Waals surface area (Å²) in [6, 6.07) is -8.18. The number of amides is 8. The van der Waals surface area contributed by atoms with Crippen molar-refractivity contribution in [2.75, 3.05) is 44.8 Å². The first kappa shape index (κ1) is 51.6. The lowest BCUT2D eigenvalue weighted by Gasteiger charge is -2.30. The summed E-state index contributed by atoms with van der Waals surface area (Å²) in [6.45, 7) is 6.86. The van der Waals surface area contributed by atoms with E-state index in [2.05, 4.69) is 31.9 Å². The molecule has 0 bridgehead atoms. The van der Waals surface area contributed by atoms with Gasteiger partial charge in [0.2, 0.25) is 47.3 Å². The molecule has 0 aromatic heterocycles. The maximum absolute atomic E-state index is 13.6. The average molecular weight is 872 g/mol. The first-order chi connectivity index (χ1) is 28.2. The van der Waals surface area contributed by atoms with Crippen LogP contribution >= 0.6 is 11.8 Å². The largest absolute Gasteiger partial charge is 0.480 e. The maximum Gasteiger partial charge on any atom is 0.326 e. The van der Waals surface area contributed by atoms with Gasteiger partial charge >= 0.3 is 5.97 Å². The molecule has 2 rings (SSSR count). The van der Waals surface area contributed by atoms with Crippen LogP contribution in [0.15, 0.2) is 0 Å². The van der Waals surface area contributed by atoms with Gasteiger partial charge in [0, 0.05) is 13.1 Å². The SMILES string of the molecule is CSCC[C@H](N)C(=O)N[C@H](C(=O)NCC(=O)N1CCC[C@H]1C(=O)N[C@@H](CC(C)C)C(=O)N[C@@H](CO)C(=O)N1CCC[C@H]1C(=O)NCC(=O)N[C@@H](CC(C)C)C(=O)O)[C@@H](C)O. The van der Waals surface area contributed by atoms with E-state index in [0.717, 1.165) is 0 Å². The minimum atomic E-state index is -1.50. The maximum atomic E-state index is 13.6. The zero-order chi connectivity index (χ0) is 45.3. The van der Waals surface area contributed by atoms with Gasteiger partial charge in [-0.05, 0) is 75.7 Å². The molecule has 0 saturated carbocycles. The van der Waals surface area contributed by atoms with E-state index in [1.807, 2.05) is 6.26 Å². The van der Waals surface area contributed by atoms with Crippen LogP contribution in [0.25, 0.3) is 0 Å². The first-order valence-corrected chi connectivity index (χ1v) is 21.7. The van der Waals surface area contributed by atoms with Crippen molar-refractivity contribution in [3.63, 3.8) is 0 Å². The number of carbonyl (C=O) groups excluding carboxylic acids is 8. The highest BCUT2D eigenvalue weighted by Crippen LogP contribution is 2.20. The van der Waals surface area contributed by atoms with Crippen LogP contribution in [0.1, 0.15) is 79.6 Å². The van der Waals surface area contributed by atoms with E-state index in [-0.39, 0.29) is 50.6 Å². The van der Waals surface area contributed by atoms with E-state index in [1.165, 1.54) is 28.5 Å². The fourth-order valence-corrected chi connectivity index (χ4v) is 7.40. The third-order valence-corrected chi connectivity index (χ3v) is 10.7. The van der Waals surface area contributed by atoms with Crippen molar-refractivity contribution in [2.24, 2.45) is 17.6 Å². The predicted molar refractivity (Wildman–Crippen MR) is 219 cm³/mol. The van der Waals surface area contributed by atoms with Crippen molar-refractivity contribution < 1.29 is 58.5 Å². The van der Waals surface area contributed by atoms with Gasteiger partial charge in [0.15, 0.2) is 0 Å². The molecule has 60 heavy (non-hydrogen) atoms. The van der Waals surface area contributed by atoms with Gasteiger partial charge in [-0.1, -0.05) is 27.7 Å². The number of hydrogen-bond acceptors (Lipinski definition) is 13. The second-order valence-electron chi connectivity index (χ2n) is 16.0. The number of aliphatic hydroxyl groups is 2. The summed E-state index contributed by atoms with van der Waals surface area (Å²) in [6.07, 6.45) is 2.51. The number of nitrogens with zero attached hydrogens (tertiary/aromatic N) is 2. The van der Waals surface area contributed by atoms with Crippen LogP contribution in [0.2, 0.25) is 0 Å². The standard InChI is InChI=1S/C38H65N9O12S/c1-20(2)15-24(43-35(55)28-10-7-12-46(28)30(51)18-41-36(56)31(22(5)49)45-32(52)23(39)11-14-60-6)33(53)44-26(19-48)37(57)47-13-8-9-27(47)34(54)40-17-29(50)42-25(38(58)59)16-21(3)4/h20-28,31,48-49H,7-19,39H2,1-6H3,(H,40,54)(H,41,56)(H,42,50)(H,43,55)(H,44,53)(H,45,52)(H,58,59)/t22-,23+,24+,25+,26+,27+,28+,31+/m1/s1. The van der Waals surface area contributed by atoms with Crippen molar-refractivity contribution in [3.8, 4) is 0 Å². The third kappa shape index (κ3) is 16.1. The van der Waals surface area contributed by atoms with Gasteiger partial charge in [-0.2, -0.15) is 11.8 Å². The Balaban J connectivity index is 2.05. The Morgan fingerprint density at radius 2 is 1.30 bits per heavy atom. The molecular formula is C38H65N9O12S. The highest BCUT2D eigenvalue weighted by atomic mass is 32.2. The number of carboxylic acid groups (broad SMARTS) is 1. The van der Waals surface area contributed by atoms with Crippen molar-refractivity contribution in [2.45, 2.75) is 128 Å². The molecule has 2 heterocycles. The van der Waals surface area contributed by atoms with Crippen LogP contribution < -0.4 is 37.6 Å². The molecule has 2 aliphatic heterocycles. The lowest BCUT2D eigenvalue weighted by atomic mass is 10.0. The number of hydrogen-bond donors (Lipinski definition) is 10. The lowest BCUT2D eigenvalue weighted by molar-refractivity contribution is -0.143. The highest BCUT2D eigenvalue weighted by molar-refractivity contribution is 7.98. The van der Waals surface area contributed by atoms with E-state index >= 15 is 0 Å². The fourth-order valence-electron chi connectivity index (χ4n) is 6.91. The normalized spacial score (nSPS) is 19.4. The molecule has 0 aliphatic carbocycles. The number of aliphatic carboxylic acids is 1. The average Bonchev–Trinajstić information content (AvgIpc) is 3.89. The summed E-state index contributed by atoms with van der Waals surface area (Å²) in [5.41, 5.74) is 5.88.